The molecule has 0 radical (unpaired) electrons. The van der Waals surface area contributed by atoms with Gasteiger partial charge in [-0.05, 0) is 29.2 Å². The molecule has 1 unspecified atom stereocenters. The Morgan fingerprint density at radius 3 is 2.59 bits per heavy atom. The number of urea groups is 1. The maximum Gasteiger partial charge on any atom is 0.322 e. The number of carbonyl (C=O) groups excluding carboxylic acids is 1. The van der Waals surface area contributed by atoms with Crippen molar-refractivity contribution in [2.45, 2.75) is 19.4 Å². The molecule has 0 saturated heterocycles. The zero-order chi connectivity index (χ0) is 15.4. The van der Waals surface area contributed by atoms with Gasteiger partial charge in [-0.1, -0.05) is 61.5 Å². The van der Waals surface area contributed by atoms with E-state index in [-0.39, 0.29) is 12.1 Å². The van der Waals surface area contributed by atoms with Crippen molar-refractivity contribution in [2.75, 3.05) is 6.54 Å². The summed E-state index contributed by atoms with van der Waals surface area (Å²) < 4.78 is 0. The van der Waals surface area contributed by atoms with Crippen LogP contribution in [0, 0.1) is 0 Å². The Labute approximate surface area is 131 Å². The van der Waals surface area contributed by atoms with Gasteiger partial charge in [0.2, 0.25) is 0 Å². The molecule has 0 bridgehead atoms. The molecule has 0 aliphatic carbocycles. The number of carbonyl (C=O) groups is 1. The molecular weight excluding hydrogens is 272 g/mol. The van der Waals surface area contributed by atoms with Gasteiger partial charge in [0.1, 0.15) is 0 Å². The molecule has 0 fully saturated rings. The second kappa shape index (κ2) is 6.48. The second-order valence-corrected chi connectivity index (χ2v) is 5.40. The van der Waals surface area contributed by atoms with Crippen LogP contribution in [-0.2, 0) is 0 Å². The minimum atomic E-state index is -0.0840. The quantitative estimate of drug-likeness (QED) is 0.904. The first kappa shape index (κ1) is 14.4. The topological polar surface area (TPSA) is 32.3 Å². The zero-order valence-corrected chi connectivity index (χ0v) is 12.7. The lowest BCUT2D eigenvalue weighted by Crippen LogP contribution is -2.40. The summed E-state index contributed by atoms with van der Waals surface area (Å²) in [5.74, 6) is 0. The first-order chi connectivity index (χ1) is 10.8. The minimum Gasteiger partial charge on any atom is -0.338 e. The predicted molar refractivity (Wildman–Crippen MR) is 89.3 cm³/mol. The monoisotopic (exact) mass is 292 g/mol. The molecule has 0 spiro atoms. The van der Waals surface area contributed by atoms with Gasteiger partial charge >= 0.3 is 6.03 Å². The van der Waals surface area contributed by atoms with Crippen LogP contribution in [0.4, 0.5) is 4.79 Å². The smallest absolute Gasteiger partial charge is 0.322 e. The molecular formula is C19H20N2O. The molecule has 3 rings (SSSR count). The summed E-state index contributed by atoms with van der Waals surface area (Å²) in [6.07, 6.45) is 4.81. The second-order valence-electron chi connectivity index (χ2n) is 5.40. The maximum absolute atomic E-state index is 12.5. The number of amides is 2. The highest BCUT2D eigenvalue weighted by Gasteiger charge is 2.28. The van der Waals surface area contributed by atoms with Crippen LogP contribution in [0.5, 0.6) is 0 Å². The van der Waals surface area contributed by atoms with Crippen molar-refractivity contribution in [3.05, 3.63) is 77.5 Å². The number of hydrogen-bond donors (Lipinski definition) is 1. The Balaban J connectivity index is 2.01. The summed E-state index contributed by atoms with van der Waals surface area (Å²) in [4.78, 5) is 14.3. The normalized spacial score (nSPS) is 16.2. The van der Waals surface area contributed by atoms with Crippen LogP contribution < -0.4 is 5.32 Å². The van der Waals surface area contributed by atoms with Crippen molar-refractivity contribution in [1.29, 1.82) is 0 Å². The Morgan fingerprint density at radius 1 is 1.09 bits per heavy atom. The molecule has 0 saturated carbocycles. The number of hydrogen-bond acceptors (Lipinski definition) is 1. The fourth-order valence-corrected chi connectivity index (χ4v) is 2.79. The van der Waals surface area contributed by atoms with E-state index in [1.807, 2.05) is 42.6 Å². The van der Waals surface area contributed by atoms with E-state index in [0.717, 1.165) is 23.1 Å². The van der Waals surface area contributed by atoms with E-state index in [9.17, 15) is 4.79 Å². The minimum absolute atomic E-state index is 0.0542. The average Bonchev–Trinajstić information content (AvgIpc) is 2.59. The molecule has 3 heteroatoms. The van der Waals surface area contributed by atoms with Gasteiger partial charge in [0.15, 0.2) is 0 Å². The molecule has 112 valence electrons. The van der Waals surface area contributed by atoms with E-state index < -0.39 is 0 Å². The highest BCUT2D eigenvalue weighted by molar-refractivity contribution is 5.79. The molecule has 2 amide bonds. The predicted octanol–water partition coefficient (Wildman–Crippen LogP) is 4.18. The summed E-state index contributed by atoms with van der Waals surface area (Å²) >= 11 is 0. The van der Waals surface area contributed by atoms with Gasteiger partial charge in [-0.2, -0.15) is 0 Å². The third-order valence-corrected chi connectivity index (χ3v) is 3.86. The summed E-state index contributed by atoms with van der Waals surface area (Å²) in [6, 6.07) is 18.3. The van der Waals surface area contributed by atoms with Gasteiger partial charge in [0.25, 0.3) is 0 Å². The third kappa shape index (κ3) is 2.75. The van der Waals surface area contributed by atoms with Crippen LogP contribution in [0.1, 0.15) is 36.1 Å². The Kier molecular flexibility index (Phi) is 4.24. The first-order valence-electron chi connectivity index (χ1n) is 7.69. The van der Waals surface area contributed by atoms with Gasteiger partial charge in [-0.15, -0.1) is 0 Å². The number of nitrogens with zero attached hydrogens (tertiary/aromatic N) is 1. The Bertz CT molecular complexity index is 679. The first-order valence-corrected chi connectivity index (χ1v) is 7.69. The van der Waals surface area contributed by atoms with E-state index in [2.05, 4.69) is 36.5 Å². The molecule has 3 nitrogen and oxygen atoms in total. The lowest BCUT2D eigenvalue weighted by molar-refractivity contribution is 0.206. The summed E-state index contributed by atoms with van der Waals surface area (Å²) in [7, 11) is 0. The third-order valence-electron chi connectivity index (χ3n) is 3.86. The number of fused-ring (bicyclic) bond motifs is 1. The van der Waals surface area contributed by atoms with Crippen molar-refractivity contribution in [3.63, 3.8) is 0 Å². The molecule has 1 aliphatic rings. The highest BCUT2D eigenvalue weighted by atomic mass is 16.2. The van der Waals surface area contributed by atoms with Crippen LogP contribution in [-0.4, -0.2) is 17.5 Å². The molecule has 2 aromatic rings. The average molecular weight is 292 g/mol. The van der Waals surface area contributed by atoms with Crippen LogP contribution in [0.3, 0.4) is 0 Å². The fourth-order valence-electron chi connectivity index (χ4n) is 2.79. The summed E-state index contributed by atoms with van der Waals surface area (Å²) in [6.45, 7) is 2.74. The lowest BCUT2D eigenvalue weighted by atomic mass is 9.91. The van der Waals surface area contributed by atoms with Gasteiger partial charge in [-0.25, -0.2) is 4.79 Å². The van der Waals surface area contributed by atoms with Crippen LogP contribution in [0.15, 0.2) is 60.8 Å². The van der Waals surface area contributed by atoms with Crippen LogP contribution in [0.25, 0.3) is 6.08 Å². The SMILES string of the molecule is CCCNC(=O)N1C=Cc2ccccc2C1c1ccccc1. The van der Waals surface area contributed by atoms with E-state index in [4.69, 9.17) is 0 Å². The molecule has 22 heavy (non-hydrogen) atoms. The standard InChI is InChI=1S/C19H20N2O/c1-2-13-20-19(22)21-14-12-15-8-6-7-11-17(15)18(21)16-9-4-3-5-10-16/h3-12,14,18H,2,13H2,1H3,(H,20,22). The van der Waals surface area contributed by atoms with E-state index >= 15 is 0 Å². The van der Waals surface area contributed by atoms with E-state index in [0.29, 0.717) is 6.54 Å². The van der Waals surface area contributed by atoms with Gasteiger partial charge in [-0.3, -0.25) is 4.90 Å². The van der Waals surface area contributed by atoms with Gasteiger partial charge < -0.3 is 5.32 Å². The molecule has 1 N–H and O–H groups in total. The molecule has 1 aliphatic heterocycles. The van der Waals surface area contributed by atoms with Crippen molar-refractivity contribution in [3.8, 4) is 0 Å². The van der Waals surface area contributed by atoms with Crippen molar-refractivity contribution in [2.24, 2.45) is 0 Å². The van der Waals surface area contributed by atoms with Crippen LogP contribution >= 0.6 is 0 Å². The molecule has 1 heterocycles. The number of rotatable bonds is 3. The number of benzene rings is 2. The maximum atomic E-state index is 12.5. The highest BCUT2D eigenvalue weighted by Crippen LogP contribution is 2.35. The summed E-state index contributed by atoms with van der Waals surface area (Å²) in [5, 5.41) is 2.97. The summed E-state index contributed by atoms with van der Waals surface area (Å²) in [5.41, 5.74) is 3.43. The number of nitrogens with one attached hydrogen (secondary N) is 1. The van der Waals surface area contributed by atoms with E-state index in [1.165, 1.54) is 0 Å². The molecule has 1 atom stereocenters. The Hall–Kier alpha value is -2.55. The van der Waals surface area contributed by atoms with Crippen molar-refractivity contribution < 1.29 is 4.79 Å². The van der Waals surface area contributed by atoms with Crippen molar-refractivity contribution in [1.82, 2.24) is 10.2 Å². The molecule has 2 aromatic carbocycles. The van der Waals surface area contributed by atoms with Crippen LogP contribution in [0.2, 0.25) is 0 Å². The largest absolute Gasteiger partial charge is 0.338 e. The Morgan fingerprint density at radius 2 is 1.82 bits per heavy atom. The fraction of sp³-hybridized carbons (Fsp3) is 0.211. The van der Waals surface area contributed by atoms with Crippen molar-refractivity contribution >= 4 is 12.1 Å². The lowest BCUT2D eigenvalue weighted by Gasteiger charge is -2.33. The van der Waals surface area contributed by atoms with E-state index in [1.54, 1.807) is 4.90 Å². The van der Waals surface area contributed by atoms with Gasteiger partial charge in [0.05, 0.1) is 6.04 Å². The zero-order valence-electron chi connectivity index (χ0n) is 12.7. The van der Waals surface area contributed by atoms with Gasteiger partial charge in [0, 0.05) is 12.7 Å². The molecule has 0 aromatic heterocycles.